The van der Waals surface area contributed by atoms with Crippen molar-refractivity contribution in [2.75, 3.05) is 0 Å². The number of unbranched alkanes of at least 4 members (excludes halogenated alkanes) is 20. The van der Waals surface area contributed by atoms with Crippen LogP contribution in [-0.2, 0) is 0 Å². The molecule has 363 valence electrons. The molecule has 0 N–H and O–H groups in total. The molecule has 0 fully saturated rings. The van der Waals surface area contributed by atoms with E-state index in [9.17, 15) is 0 Å². The third-order valence-electron chi connectivity index (χ3n) is 11.7. The lowest BCUT2D eigenvalue weighted by molar-refractivity contribution is 0.420. The summed E-state index contributed by atoms with van der Waals surface area (Å²) in [4.78, 5) is 0. The summed E-state index contributed by atoms with van der Waals surface area (Å²) in [6, 6.07) is 0. The fourth-order valence-corrected chi connectivity index (χ4v) is 7.33. The maximum absolute atomic E-state index is 5.38. The monoisotopic (exact) mass is 852 g/mol. The molecule has 0 aliphatic rings. The Hall–Kier alpha value is -1.48. The quantitative estimate of drug-likeness (QED) is 0.0327. The third kappa shape index (κ3) is 67.8. The standard InChI is InChI=1S/C16H29.C16H32.C14H26.C13H26.C2H6/c1-5-7-9-11-15(3)13-14-16(4)12-10-8-6-2;1-4-6-8-9-10-11-12-13-15-16(3)14-7-5-2;1-4-7-9-10-13-14(11-6-3)12-8-5-2;1-4-7-9-10-12-13(6-3)11-8-5-2;1-2/h13H,3-12,14H2,1-2H3;3-15H2,1-2H3;3,14H,4-5,7-13H2,1-2H3;6,13H,3-5,7-12H2,1-2H3;1-2H3/b15-13+;;;;. The second-order valence-corrected chi connectivity index (χ2v) is 18.1. The minimum absolute atomic E-state index is 0.789. The van der Waals surface area contributed by atoms with Crippen LogP contribution in [0.25, 0.3) is 0 Å². The summed E-state index contributed by atoms with van der Waals surface area (Å²) in [7, 11) is 0. The van der Waals surface area contributed by atoms with Crippen molar-refractivity contribution in [3.8, 4) is 12.3 Å². The van der Waals surface area contributed by atoms with E-state index in [1.165, 1.54) is 241 Å². The maximum atomic E-state index is 5.38. The smallest absolute Gasteiger partial charge is 0.0114 e. The van der Waals surface area contributed by atoms with Crippen LogP contribution in [0.3, 0.4) is 0 Å². The van der Waals surface area contributed by atoms with Crippen LogP contribution < -0.4 is 0 Å². The molecule has 0 amide bonds. The summed E-state index contributed by atoms with van der Waals surface area (Å²) in [6.07, 6.45) is 60.3. The second-order valence-electron chi connectivity index (χ2n) is 18.1. The van der Waals surface area contributed by atoms with Gasteiger partial charge in [-0.3, -0.25) is 0 Å². The minimum Gasteiger partial charge on any atom is -0.120 e. The van der Waals surface area contributed by atoms with Crippen LogP contribution in [0.15, 0.2) is 48.6 Å². The van der Waals surface area contributed by atoms with Crippen molar-refractivity contribution in [2.24, 2.45) is 11.8 Å². The Labute approximate surface area is 391 Å². The van der Waals surface area contributed by atoms with Gasteiger partial charge in [-0.05, 0) is 102 Å². The lowest BCUT2D eigenvalue weighted by Crippen LogP contribution is -1.99. The molecule has 0 heteroatoms. The molecule has 0 bridgehead atoms. The van der Waals surface area contributed by atoms with Crippen molar-refractivity contribution in [2.45, 2.75) is 313 Å². The first kappa shape index (κ1) is 68.6. The highest BCUT2D eigenvalue weighted by atomic mass is 14.1. The summed E-state index contributed by atoms with van der Waals surface area (Å²) < 4.78 is 0. The van der Waals surface area contributed by atoms with Crippen molar-refractivity contribution >= 4 is 0 Å². The van der Waals surface area contributed by atoms with Gasteiger partial charge in [0.1, 0.15) is 0 Å². The normalized spacial score (nSPS) is 11.5. The van der Waals surface area contributed by atoms with Gasteiger partial charge in [-0.15, -0.1) is 18.9 Å². The molecule has 0 heterocycles. The number of hydrogen-bond acceptors (Lipinski definition) is 0. The fraction of sp³-hybridized carbons (Fsp3) is 0.820. The van der Waals surface area contributed by atoms with Crippen molar-refractivity contribution in [3.63, 3.8) is 0 Å². The Balaban J connectivity index is -0.000000226. The fourth-order valence-electron chi connectivity index (χ4n) is 7.33. The van der Waals surface area contributed by atoms with E-state index in [-0.39, 0.29) is 0 Å². The van der Waals surface area contributed by atoms with E-state index in [0.717, 1.165) is 31.1 Å². The molecule has 2 unspecified atom stereocenters. The van der Waals surface area contributed by atoms with E-state index in [1.54, 1.807) is 0 Å². The van der Waals surface area contributed by atoms with Crippen LogP contribution in [0, 0.1) is 31.1 Å². The predicted molar refractivity (Wildman–Crippen MR) is 290 cm³/mol. The van der Waals surface area contributed by atoms with Crippen LogP contribution in [-0.4, -0.2) is 0 Å². The number of rotatable bonds is 40. The molecule has 0 aliphatic carbocycles. The van der Waals surface area contributed by atoms with Gasteiger partial charge < -0.3 is 0 Å². The molecule has 0 spiro atoms. The molecule has 61 heavy (non-hydrogen) atoms. The summed E-state index contributed by atoms with van der Waals surface area (Å²) in [5.41, 5.74) is 4.14. The lowest BCUT2D eigenvalue weighted by Gasteiger charge is -2.13. The van der Waals surface area contributed by atoms with Gasteiger partial charge >= 0.3 is 0 Å². The highest BCUT2D eigenvalue weighted by molar-refractivity contribution is 5.11. The largest absolute Gasteiger partial charge is 0.120 e. The van der Waals surface area contributed by atoms with E-state index >= 15 is 0 Å². The topological polar surface area (TPSA) is 0 Å². The molecule has 0 rings (SSSR count). The highest BCUT2D eigenvalue weighted by Gasteiger charge is 2.06. The number of terminal acetylenes is 1. The molecule has 0 saturated carbocycles. The lowest BCUT2D eigenvalue weighted by atomic mass is 9.93. The highest BCUT2D eigenvalue weighted by Crippen LogP contribution is 2.21. The Morgan fingerprint density at radius 2 is 0.787 bits per heavy atom. The van der Waals surface area contributed by atoms with Gasteiger partial charge in [0.15, 0.2) is 0 Å². The summed E-state index contributed by atoms with van der Waals surface area (Å²) in [6.45, 7) is 38.3. The van der Waals surface area contributed by atoms with Crippen LogP contribution >= 0.6 is 0 Å². The van der Waals surface area contributed by atoms with Crippen molar-refractivity contribution < 1.29 is 0 Å². The van der Waals surface area contributed by atoms with Gasteiger partial charge in [0, 0.05) is 6.42 Å². The minimum atomic E-state index is 0.789. The molecule has 1 radical (unpaired) electrons. The Morgan fingerprint density at radius 1 is 0.443 bits per heavy atom. The first-order chi connectivity index (χ1) is 29.7. The Bertz CT molecular complexity index is 878. The van der Waals surface area contributed by atoms with Crippen molar-refractivity contribution in [1.29, 1.82) is 0 Å². The third-order valence-corrected chi connectivity index (χ3v) is 11.7. The SMILES string of the molecule is C#CCC(CCCC)CCCCCC.C=C(CCCC)CCCCCCCCCC.C=CC(CCCC)CCCCCC.CC.[CH2]/C(=C\CC(=C)CCCCC)CCCCC. The van der Waals surface area contributed by atoms with Crippen LogP contribution in [0.4, 0.5) is 0 Å². The molecular formula is C61H119. The zero-order valence-electron chi connectivity index (χ0n) is 44.6. The van der Waals surface area contributed by atoms with Gasteiger partial charge in [-0.2, -0.15) is 0 Å². The Morgan fingerprint density at radius 3 is 1.28 bits per heavy atom. The maximum Gasteiger partial charge on any atom is 0.0114 e. The zero-order valence-corrected chi connectivity index (χ0v) is 44.6. The summed E-state index contributed by atoms with van der Waals surface area (Å²) >= 11 is 0. The molecule has 0 nitrogen and oxygen atoms in total. The van der Waals surface area contributed by atoms with E-state index < -0.39 is 0 Å². The summed E-state index contributed by atoms with van der Waals surface area (Å²) in [5, 5.41) is 0. The van der Waals surface area contributed by atoms with E-state index in [0.29, 0.717) is 0 Å². The zero-order chi connectivity index (χ0) is 46.9. The van der Waals surface area contributed by atoms with Gasteiger partial charge in [0.05, 0.1) is 0 Å². The molecule has 0 aromatic rings. The van der Waals surface area contributed by atoms with Gasteiger partial charge in [0.2, 0.25) is 0 Å². The first-order valence-electron chi connectivity index (χ1n) is 27.6. The Kier molecular flexibility index (Phi) is 73.2. The molecule has 2 atom stereocenters. The van der Waals surface area contributed by atoms with Gasteiger partial charge in [-0.25, -0.2) is 0 Å². The predicted octanol–water partition coefficient (Wildman–Crippen LogP) is 22.9. The number of hydrogen-bond donors (Lipinski definition) is 0. The van der Waals surface area contributed by atoms with Crippen LogP contribution in [0.5, 0.6) is 0 Å². The first-order valence-corrected chi connectivity index (χ1v) is 27.6. The molecule has 0 aromatic carbocycles. The molecule has 0 saturated heterocycles. The van der Waals surface area contributed by atoms with E-state index in [4.69, 9.17) is 6.42 Å². The summed E-state index contributed by atoms with van der Waals surface area (Å²) in [5.74, 6) is 4.41. The van der Waals surface area contributed by atoms with Gasteiger partial charge in [0.25, 0.3) is 0 Å². The van der Waals surface area contributed by atoms with E-state index in [2.05, 4.69) is 100 Å². The molecule has 0 aromatic heterocycles. The van der Waals surface area contributed by atoms with Crippen molar-refractivity contribution in [3.05, 3.63) is 55.5 Å². The van der Waals surface area contributed by atoms with Crippen molar-refractivity contribution in [1.82, 2.24) is 0 Å². The van der Waals surface area contributed by atoms with Gasteiger partial charge in [-0.1, -0.05) is 265 Å². The second kappa shape index (κ2) is 65.1. The van der Waals surface area contributed by atoms with Crippen LogP contribution in [0.1, 0.15) is 313 Å². The van der Waals surface area contributed by atoms with E-state index in [1.807, 2.05) is 13.8 Å². The average molecular weight is 853 g/mol. The van der Waals surface area contributed by atoms with Crippen LogP contribution in [0.2, 0.25) is 0 Å². The average Bonchev–Trinajstić information content (AvgIpc) is 3.27. The molecule has 0 aliphatic heterocycles. The number of allylic oxidation sites excluding steroid dienone is 5. The molecular weight excluding hydrogens is 733 g/mol.